The van der Waals surface area contributed by atoms with Crippen LogP contribution >= 0.6 is 11.3 Å². The predicted molar refractivity (Wildman–Crippen MR) is 135 cm³/mol. The van der Waals surface area contributed by atoms with E-state index in [0.717, 1.165) is 64.2 Å². The van der Waals surface area contributed by atoms with Gasteiger partial charge in [-0.05, 0) is 45.0 Å². The molecule has 0 spiro atoms. The van der Waals surface area contributed by atoms with E-state index in [2.05, 4.69) is 30.4 Å². The van der Waals surface area contributed by atoms with Gasteiger partial charge in [-0.3, -0.25) is 9.89 Å². The minimum atomic E-state index is 0.0279. The van der Waals surface area contributed by atoms with Gasteiger partial charge in [0, 0.05) is 42.9 Å². The number of anilines is 2. The number of nitrogens with zero attached hydrogens (tertiary/aromatic N) is 5. The molecule has 10 heteroatoms. The van der Waals surface area contributed by atoms with Gasteiger partial charge in [-0.1, -0.05) is 0 Å². The molecule has 3 heterocycles. The first kappa shape index (κ1) is 22.5. The van der Waals surface area contributed by atoms with Crippen molar-refractivity contribution in [2.75, 3.05) is 46.7 Å². The zero-order valence-electron chi connectivity index (χ0n) is 19.9. The smallest absolute Gasteiger partial charge is 0.225 e. The number of amides is 1. The van der Waals surface area contributed by atoms with Crippen molar-refractivity contribution < 1.29 is 9.53 Å². The van der Waals surface area contributed by atoms with Gasteiger partial charge in [0.05, 0.1) is 22.8 Å². The number of fused-ring (bicyclic) bond motifs is 4. The van der Waals surface area contributed by atoms with E-state index in [1.807, 2.05) is 40.3 Å². The zero-order valence-corrected chi connectivity index (χ0v) is 20.7. The molecule has 3 aromatic heterocycles. The van der Waals surface area contributed by atoms with E-state index >= 15 is 0 Å². The van der Waals surface area contributed by atoms with E-state index in [4.69, 9.17) is 4.74 Å². The second kappa shape index (κ2) is 9.19. The Morgan fingerprint density at radius 1 is 1.26 bits per heavy atom. The number of H-pyrrole nitrogens is 1. The Labute approximate surface area is 202 Å². The summed E-state index contributed by atoms with van der Waals surface area (Å²) in [6.45, 7) is 1.37. The Bertz CT molecular complexity index is 1340. The molecule has 1 amide bonds. The lowest BCUT2D eigenvalue weighted by molar-refractivity contribution is -0.133. The third kappa shape index (κ3) is 4.30. The van der Waals surface area contributed by atoms with Crippen molar-refractivity contribution in [2.24, 2.45) is 5.92 Å². The molecule has 0 fully saturated rings. The fourth-order valence-electron chi connectivity index (χ4n) is 4.44. The average molecular weight is 480 g/mol. The lowest BCUT2D eigenvalue weighted by Gasteiger charge is -2.24. The zero-order chi connectivity index (χ0) is 23.8. The highest BCUT2D eigenvalue weighted by Crippen LogP contribution is 2.41. The molecular weight excluding hydrogens is 450 g/mol. The van der Waals surface area contributed by atoms with E-state index < -0.39 is 0 Å². The van der Waals surface area contributed by atoms with Crippen LogP contribution in [0.3, 0.4) is 0 Å². The quantitative estimate of drug-likeness (QED) is 0.419. The number of ether oxygens (including phenoxy) is 1. The first-order valence-corrected chi connectivity index (χ1v) is 12.2. The normalized spacial score (nSPS) is 15.6. The Hall–Kier alpha value is -3.24. The first-order chi connectivity index (χ1) is 16.4. The first-order valence-electron chi connectivity index (χ1n) is 11.4. The topological polar surface area (TPSA) is 99.3 Å². The molecule has 0 bridgehead atoms. The summed E-state index contributed by atoms with van der Waals surface area (Å²) in [6, 6.07) is 4.00. The molecule has 1 atom stereocenters. The number of aryl methyl sites for hydroxylation is 1. The number of aromatic amines is 1. The van der Waals surface area contributed by atoms with E-state index in [1.54, 1.807) is 28.8 Å². The fourth-order valence-corrected chi connectivity index (χ4v) is 5.70. The summed E-state index contributed by atoms with van der Waals surface area (Å²) in [5, 5.41) is 12.7. The summed E-state index contributed by atoms with van der Waals surface area (Å²) < 4.78 is 6.13. The number of hydrogen-bond acceptors (Lipinski definition) is 8. The molecule has 178 valence electrons. The maximum atomic E-state index is 12.5. The third-order valence-corrected chi connectivity index (χ3v) is 7.39. The summed E-state index contributed by atoms with van der Waals surface area (Å²) in [4.78, 5) is 27.7. The highest BCUT2D eigenvalue weighted by Gasteiger charge is 2.30. The van der Waals surface area contributed by atoms with Crippen molar-refractivity contribution in [3.63, 3.8) is 0 Å². The van der Waals surface area contributed by atoms with Crippen molar-refractivity contribution >= 4 is 49.9 Å². The van der Waals surface area contributed by atoms with E-state index in [-0.39, 0.29) is 11.8 Å². The Morgan fingerprint density at radius 2 is 2.12 bits per heavy atom. The fraction of sp³-hybridized carbons (Fsp3) is 0.417. The van der Waals surface area contributed by atoms with Gasteiger partial charge >= 0.3 is 0 Å². The van der Waals surface area contributed by atoms with Crippen LogP contribution in [0.15, 0.2) is 24.7 Å². The number of hydrogen-bond donors (Lipinski definition) is 2. The van der Waals surface area contributed by atoms with Gasteiger partial charge in [0.25, 0.3) is 0 Å². The Balaban J connectivity index is 1.49. The number of thiophene rings is 1. The van der Waals surface area contributed by atoms with Crippen molar-refractivity contribution in [1.29, 1.82) is 0 Å². The number of rotatable bonds is 7. The number of nitrogens with one attached hydrogen (secondary N) is 2. The largest absolute Gasteiger partial charge is 0.490 e. The number of benzene rings is 1. The van der Waals surface area contributed by atoms with Crippen molar-refractivity contribution in [1.82, 2.24) is 30.0 Å². The summed E-state index contributed by atoms with van der Waals surface area (Å²) in [5.74, 6) is 1.73. The molecule has 4 aromatic rings. The molecule has 0 aliphatic heterocycles. The Kier molecular flexibility index (Phi) is 6.09. The summed E-state index contributed by atoms with van der Waals surface area (Å²) in [7, 11) is 7.69. The van der Waals surface area contributed by atoms with Crippen LogP contribution in [0.4, 0.5) is 11.5 Å². The summed E-state index contributed by atoms with van der Waals surface area (Å²) >= 11 is 1.67. The van der Waals surface area contributed by atoms with Crippen molar-refractivity contribution in [3.8, 4) is 5.75 Å². The van der Waals surface area contributed by atoms with Gasteiger partial charge in [-0.2, -0.15) is 5.10 Å². The van der Waals surface area contributed by atoms with Gasteiger partial charge in [-0.25, -0.2) is 9.97 Å². The molecule has 34 heavy (non-hydrogen) atoms. The highest BCUT2D eigenvalue weighted by molar-refractivity contribution is 7.19. The maximum Gasteiger partial charge on any atom is 0.225 e. The van der Waals surface area contributed by atoms with Gasteiger partial charge in [0.2, 0.25) is 5.91 Å². The molecule has 0 unspecified atom stereocenters. The molecular formula is C24H29N7O2S. The lowest BCUT2D eigenvalue weighted by atomic mass is 9.87. The van der Waals surface area contributed by atoms with Crippen molar-refractivity contribution in [2.45, 2.75) is 19.3 Å². The van der Waals surface area contributed by atoms with Crippen molar-refractivity contribution in [3.05, 3.63) is 35.1 Å². The minimum absolute atomic E-state index is 0.0279. The standard InChI is InChI=1S/C24H29N7O2S/c1-30(2)7-8-33-19-11-17-15(12-27-29-17)9-18(19)28-22-21-16-6-5-14(24(32)31(3)4)10-20(16)34-23(21)26-13-25-22/h9,11-14H,5-8,10H2,1-4H3,(H,27,29)(H,25,26,28)/t14-/m0/s1. The summed E-state index contributed by atoms with van der Waals surface area (Å²) in [5.41, 5.74) is 3.01. The lowest BCUT2D eigenvalue weighted by Crippen LogP contribution is -2.32. The van der Waals surface area contributed by atoms with Crippen LogP contribution in [0.5, 0.6) is 5.75 Å². The van der Waals surface area contributed by atoms with Gasteiger partial charge < -0.3 is 19.9 Å². The molecule has 1 aliphatic rings. The van der Waals surface area contributed by atoms with Gasteiger partial charge in [-0.15, -0.1) is 11.3 Å². The SMILES string of the molecule is CN(C)CCOc1cc2[nH]ncc2cc1Nc1ncnc2sc3c(c12)CC[C@H](C(=O)N(C)C)C3. The molecule has 0 radical (unpaired) electrons. The van der Waals surface area contributed by atoms with Crippen LogP contribution in [0.1, 0.15) is 16.9 Å². The molecule has 5 rings (SSSR count). The predicted octanol–water partition coefficient (Wildman–Crippen LogP) is 3.44. The summed E-state index contributed by atoms with van der Waals surface area (Å²) in [6.07, 6.45) is 5.83. The highest BCUT2D eigenvalue weighted by atomic mass is 32.1. The van der Waals surface area contributed by atoms with Gasteiger partial charge in [0.15, 0.2) is 0 Å². The number of likely N-dealkylation sites (N-methyl/N-ethyl adjacent to an activating group) is 1. The molecule has 9 nitrogen and oxygen atoms in total. The van der Waals surface area contributed by atoms with E-state index in [9.17, 15) is 4.79 Å². The molecule has 1 aliphatic carbocycles. The van der Waals surface area contributed by atoms with Crippen LogP contribution in [0.2, 0.25) is 0 Å². The molecule has 0 saturated heterocycles. The molecule has 1 aromatic carbocycles. The molecule has 0 saturated carbocycles. The maximum absolute atomic E-state index is 12.5. The van der Waals surface area contributed by atoms with Crippen LogP contribution in [-0.2, 0) is 17.6 Å². The second-order valence-electron chi connectivity index (χ2n) is 9.16. The van der Waals surface area contributed by atoms with Crippen LogP contribution in [0.25, 0.3) is 21.1 Å². The number of carbonyl (C=O) groups excluding carboxylic acids is 1. The number of aromatic nitrogens is 4. The van der Waals surface area contributed by atoms with Gasteiger partial charge in [0.1, 0.15) is 29.3 Å². The third-order valence-electron chi connectivity index (χ3n) is 6.22. The van der Waals surface area contributed by atoms with Crippen LogP contribution in [0, 0.1) is 5.92 Å². The minimum Gasteiger partial charge on any atom is -0.490 e. The van der Waals surface area contributed by atoms with Crippen LogP contribution < -0.4 is 10.1 Å². The monoisotopic (exact) mass is 479 g/mol. The van der Waals surface area contributed by atoms with E-state index in [1.165, 1.54) is 10.4 Å². The number of carbonyl (C=O) groups is 1. The second-order valence-corrected chi connectivity index (χ2v) is 10.2. The Morgan fingerprint density at radius 3 is 2.91 bits per heavy atom. The average Bonchev–Trinajstić information content (AvgIpc) is 3.41. The van der Waals surface area contributed by atoms with Crippen LogP contribution in [-0.4, -0.2) is 77.2 Å². The molecule has 2 N–H and O–H groups in total. The van der Waals surface area contributed by atoms with E-state index in [0.29, 0.717) is 6.61 Å².